The molecular formula is C37H41NO8. The number of ether oxygens (including phenoxy) is 5. The maximum Gasteiger partial charge on any atom is 0.343 e. The number of aliphatic imine (C=N–C) groups is 1. The van der Waals surface area contributed by atoms with Crippen molar-refractivity contribution in [1.82, 2.24) is 0 Å². The molecule has 0 atom stereocenters. The van der Waals surface area contributed by atoms with Crippen molar-refractivity contribution in [2.24, 2.45) is 4.99 Å². The number of unbranched alkanes of at least 4 members (excludes halogenated alkanes) is 4. The summed E-state index contributed by atoms with van der Waals surface area (Å²) in [5, 5.41) is 0. The number of carbonyl (C=O) groups is 3. The molecule has 0 amide bonds. The van der Waals surface area contributed by atoms with E-state index in [1.165, 1.54) is 0 Å². The van der Waals surface area contributed by atoms with Gasteiger partial charge >= 0.3 is 17.9 Å². The highest BCUT2D eigenvalue weighted by atomic mass is 16.5. The van der Waals surface area contributed by atoms with Gasteiger partial charge in [0, 0.05) is 18.4 Å². The van der Waals surface area contributed by atoms with Gasteiger partial charge in [0.25, 0.3) is 0 Å². The third kappa shape index (κ3) is 13.2. The molecule has 0 aliphatic heterocycles. The van der Waals surface area contributed by atoms with Crippen LogP contribution in [0.15, 0.2) is 97.0 Å². The van der Waals surface area contributed by atoms with Crippen LogP contribution in [-0.4, -0.2) is 50.6 Å². The van der Waals surface area contributed by atoms with Crippen LogP contribution in [0.25, 0.3) is 0 Å². The molecule has 0 spiro atoms. The normalized spacial score (nSPS) is 10.6. The van der Waals surface area contributed by atoms with E-state index in [-0.39, 0.29) is 0 Å². The first-order valence-electron chi connectivity index (χ1n) is 15.3. The van der Waals surface area contributed by atoms with Crippen molar-refractivity contribution in [1.29, 1.82) is 0 Å². The highest BCUT2D eigenvalue weighted by Crippen LogP contribution is 2.25. The number of benzene rings is 3. The van der Waals surface area contributed by atoms with Gasteiger partial charge in [-0.05, 0) is 123 Å². The molecule has 0 N–H and O–H groups in total. The van der Waals surface area contributed by atoms with E-state index < -0.39 is 17.9 Å². The average molecular weight is 628 g/mol. The van der Waals surface area contributed by atoms with Crippen molar-refractivity contribution in [3.8, 4) is 17.2 Å². The van der Waals surface area contributed by atoms with Crippen LogP contribution in [0.3, 0.4) is 0 Å². The first kappa shape index (κ1) is 35.3. The van der Waals surface area contributed by atoms with E-state index in [9.17, 15) is 14.4 Å². The SMILES string of the molecule is C=CC(=O)OCCCCCOc1ccc(/C=N/c2ccc(OC(=O)c3ccc(OCCCCCOC(=O)C=C)cc3)cc2C)cc1. The zero-order valence-corrected chi connectivity index (χ0v) is 26.3. The summed E-state index contributed by atoms with van der Waals surface area (Å²) in [6.45, 7) is 10.5. The van der Waals surface area contributed by atoms with E-state index in [0.717, 1.165) is 73.2 Å². The fraction of sp³-hybridized carbons (Fsp3) is 0.297. The summed E-state index contributed by atoms with van der Waals surface area (Å²) < 4.78 is 27.0. The number of rotatable bonds is 20. The molecule has 0 aromatic heterocycles. The molecule has 9 heteroatoms. The van der Waals surface area contributed by atoms with Crippen LogP contribution < -0.4 is 14.2 Å². The minimum Gasteiger partial charge on any atom is -0.494 e. The summed E-state index contributed by atoms with van der Waals surface area (Å²) in [6.07, 6.45) is 9.07. The second kappa shape index (κ2) is 20.0. The minimum atomic E-state index is -0.465. The fourth-order valence-corrected chi connectivity index (χ4v) is 4.09. The van der Waals surface area contributed by atoms with Crippen LogP contribution in [0.5, 0.6) is 17.2 Å². The van der Waals surface area contributed by atoms with Crippen molar-refractivity contribution < 1.29 is 38.1 Å². The predicted molar refractivity (Wildman–Crippen MR) is 177 cm³/mol. The van der Waals surface area contributed by atoms with Crippen LogP contribution in [0.2, 0.25) is 0 Å². The molecule has 3 rings (SSSR count). The summed E-state index contributed by atoms with van der Waals surface area (Å²) >= 11 is 0. The van der Waals surface area contributed by atoms with Gasteiger partial charge in [-0.3, -0.25) is 4.99 Å². The predicted octanol–water partition coefficient (Wildman–Crippen LogP) is 7.52. The zero-order valence-electron chi connectivity index (χ0n) is 26.3. The van der Waals surface area contributed by atoms with Gasteiger partial charge in [0.05, 0.1) is 37.7 Å². The topological polar surface area (TPSA) is 110 Å². The molecule has 0 saturated heterocycles. The van der Waals surface area contributed by atoms with Crippen LogP contribution in [-0.2, 0) is 19.1 Å². The number of hydrogen-bond acceptors (Lipinski definition) is 9. The van der Waals surface area contributed by atoms with Crippen LogP contribution >= 0.6 is 0 Å². The van der Waals surface area contributed by atoms with Gasteiger partial charge in [-0.2, -0.15) is 0 Å². The van der Waals surface area contributed by atoms with Gasteiger partial charge in [0.15, 0.2) is 0 Å². The second-order valence-electron chi connectivity index (χ2n) is 10.3. The third-order valence-corrected chi connectivity index (χ3v) is 6.64. The molecular weight excluding hydrogens is 586 g/mol. The molecule has 3 aromatic rings. The summed E-state index contributed by atoms with van der Waals surface area (Å²) in [6, 6.07) is 19.8. The number of hydrogen-bond donors (Lipinski definition) is 0. The van der Waals surface area contributed by atoms with Crippen molar-refractivity contribution in [2.75, 3.05) is 26.4 Å². The Bertz CT molecular complexity index is 1460. The lowest BCUT2D eigenvalue weighted by molar-refractivity contribution is -0.138. The molecule has 3 aromatic carbocycles. The molecule has 0 saturated carbocycles. The van der Waals surface area contributed by atoms with E-state index in [2.05, 4.69) is 18.2 Å². The Hall–Kier alpha value is -5.18. The van der Waals surface area contributed by atoms with Gasteiger partial charge in [0.1, 0.15) is 17.2 Å². The monoisotopic (exact) mass is 627 g/mol. The van der Waals surface area contributed by atoms with E-state index in [4.69, 9.17) is 23.7 Å². The van der Waals surface area contributed by atoms with Crippen LogP contribution in [0, 0.1) is 6.92 Å². The maximum absolute atomic E-state index is 12.7. The molecule has 46 heavy (non-hydrogen) atoms. The van der Waals surface area contributed by atoms with Crippen LogP contribution in [0.1, 0.15) is 60.0 Å². The maximum atomic E-state index is 12.7. The van der Waals surface area contributed by atoms with E-state index in [0.29, 0.717) is 43.5 Å². The minimum absolute atomic E-state index is 0.366. The number of esters is 3. The number of aryl methyl sites for hydroxylation is 1. The van der Waals surface area contributed by atoms with Crippen molar-refractivity contribution in [3.05, 3.63) is 109 Å². The van der Waals surface area contributed by atoms with Crippen molar-refractivity contribution in [3.63, 3.8) is 0 Å². The van der Waals surface area contributed by atoms with E-state index in [1.54, 1.807) is 42.6 Å². The lowest BCUT2D eigenvalue weighted by atomic mass is 10.2. The van der Waals surface area contributed by atoms with E-state index >= 15 is 0 Å². The molecule has 0 unspecified atom stereocenters. The van der Waals surface area contributed by atoms with Gasteiger partial charge < -0.3 is 23.7 Å². The summed E-state index contributed by atoms with van der Waals surface area (Å²) in [5.74, 6) is 0.590. The highest BCUT2D eigenvalue weighted by Gasteiger charge is 2.10. The first-order valence-corrected chi connectivity index (χ1v) is 15.3. The fourth-order valence-electron chi connectivity index (χ4n) is 4.09. The van der Waals surface area contributed by atoms with Crippen LogP contribution in [0.4, 0.5) is 5.69 Å². The smallest absolute Gasteiger partial charge is 0.343 e. The third-order valence-electron chi connectivity index (χ3n) is 6.64. The number of nitrogens with zero attached hydrogens (tertiary/aromatic N) is 1. The standard InChI is InChI=1S/C37H41NO8/c1-4-35(39)44-24-10-6-8-22-42-31-16-12-29(13-17-31)27-38-34-21-20-33(26-28(34)3)46-37(41)30-14-18-32(19-15-30)43-23-9-7-11-25-45-36(40)5-2/h4-5,12-21,26-27H,1-2,6-11,22-25H2,3H3/b38-27+. The number of carbonyl (C=O) groups excluding carboxylic acids is 3. The molecule has 0 bridgehead atoms. The Labute approximate surface area is 270 Å². The summed E-state index contributed by atoms with van der Waals surface area (Å²) in [5.41, 5.74) is 2.96. The Morgan fingerprint density at radius 3 is 1.67 bits per heavy atom. The Morgan fingerprint density at radius 2 is 1.15 bits per heavy atom. The Kier molecular flexibility index (Phi) is 15.3. The summed E-state index contributed by atoms with van der Waals surface area (Å²) in [4.78, 5) is 39.3. The molecule has 242 valence electrons. The molecule has 0 aliphatic rings. The van der Waals surface area contributed by atoms with Crippen molar-refractivity contribution in [2.45, 2.75) is 45.4 Å². The average Bonchev–Trinajstić information content (AvgIpc) is 3.07. The van der Waals surface area contributed by atoms with Gasteiger partial charge in [-0.1, -0.05) is 13.2 Å². The van der Waals surface area contributed by atoms with E-state index in [1.807, 2.05) is 37.3 Å². The molecule has 0 radical (unpaired) electrons. The highest BCUT2D eigenvalue weighted by molar-refractivity contribution is 5.91. The second-order valence-corrected chi connectivity index (χ2v) is 10.3. The molecule has 0 aliphatic carbocycles. The molecule has 0 heterocycles. The first-order chi connectivity index (χ1) is 22.4. The lowest BCUT2D eigenvalue weighted by Gasteiger charge is -2.09. The Morgan fingerprint density at radius 1 is 0.652 bits per heavy atom. The molecule has 9 nitrogen and oxygen atoms in total. The van der Waals surface area contributed by atoms with Gasteiger partial charge in [-0.25, -0.2) is 14.4 Å². The largest absolute Gasteiger partial charge is 0.494 e. The van der Waals surface area contributed by atoms with Gasteiger partial charge in [0.2, 0.25) is 0 Å². The Balaban J connectivity index is 1.38. The van der Waals surface area contributed by atoms with Crippen molar-refractivity contribution >= 4 is 29.8 Å². The quantitative estimate of drug-likeness (QED) is 0.0416. The summed E-state index contributed by atoms with van der Waals surface area (Å²) in [7, 11) is 0. The molecule has 0 fully saturated rings. The zero-order chi connectivity index (χ0) is 33.0. The lowest BCUT2D eigenvalue weighted by Crippen LogP contribution is -2.08. The van der Waals surface area contributed by atoms with Gasteiger partial charge in [-0.15, -0.1) is 0 Å².